The van der Waals surface area contributed by atoms with Gasteiger partial charge in [-0.1, -0.05) is 13.3 Å². The molecule has 2 aliphatic heterocycles. The van der Waals surface area contributed by atoms with Crippen molar-refractivity contribution in [3.63, 3.8) is 0 Å². The first-order valence-electron chi connectivity index (χ1n) is 10.2. The van der Waals surface area contributed by atoms with Crippen LogP contribution >= 0.6 is 23.4 Å². The van der Waals surface area contributed by atoms with Crippen molar-refractivity contribution in [2.45, 2.75) is 80.4 Å². The van der Waals surface area contributed by atoms with Gasteiger partial charge in [-0.2, -0.15) is 8.42 Å². The van der Waals surface area contributed by atoms with Crippen molar-refractivity contribution >= 4 is 39.7 Å². The van der Waals surface area contributed by atoms with E-state index in [1.165, 1.54) is 0 Å². The molecule has 0 spiro atoms. The molecule has 0 aliphatic carbocycles. The summed E-state index contributed by atoms with van der Waals surface area (Å²) in [5.74, 6) is 0.145. The highest BCUT2D eigenvalue weighted by atomic mass is 35.5. The van der Waals surface area contributed by atoms with E-state index >= 15 is 0 Å². The Morgan fingerprint density at radius 3 is 2.55 bits per heavy atom. The summed E-state index contributed by atoms with van der Waals surface area (Å²) in [5, 5.41) is 23.2. The predicted octanol–water partition coefficient (Wildman–Crippen LogP) is 0.217. The van der Waals surface area contributed by atoms with Crippen LogP contribution in [0.4, 0.5) is 0 Å². The fourth-order valence-electron chi connectivity index (χ4n) is 4.35. The smallest absolute Gasteiger partial charge is 0.387 e. The van der Waals surface area contributed by atoms with Crippen LogP contribution in [-0.4, -0.2) is 101 Å². The minimum absolute atomic E-state index is 0.270. The molecule has 2 fully saturated rings. The first kappa shape index (κ1) is 27.1. The minimum atomic E-state index is -4.96. The van der Waals surface area contributed by atoms with Crippen molar-refractivity contribution in [2.24, 2.45) is 5.92 Å². The van der Waals surface area contributed by atoms with Crippen LogP contribution in [0, 0.1) is 5.92 Å². The maximum atomic E-state index is 13.0. The number of likely N-dealkylation sites (N-methyl/N-ethyl adjacent to an activating group) is 1. The van der Waals surface area contributed by atoms with E-state index in [9.17, 15) is 23.4 Å². The number of alkyl halides is 1. The Morgan fingerprint density at radius 2 is 2.03 bits per heavy atom. The van der Waals surface area contributed by atoms with E-state index in [1.807, 2.05) is 11.9 Å². The van der Waals surface area contributed by atoms with Gasteiger partial charge in [-0.25, -0.2) is 4.18 Å². The standard InChI is InChI=1S/C18H33ClN2O8S2/c1-5-6-10-7-11(21(3)8-10)17(24)20-12(9(2)19)15-13(22)16(29-31(25,26)27)14(23)18(28-15)30-4/h9-16,18,22-23H,5-8H2,1-4H3,(H,20,24)(H,25,26,27)/t9-,10+,11-,12+,13-,14+,15+,16-,18+/m0/s1. The number of likely N-dealkylation sites (tertiary alicyclic amines) is 1. The lowest BCUT2D eigenvalue weighted by Crippen LogP contribution is -2.65. The van der Waals surface area contributed by atoms with Gasteiger partial charge in [-0.3, -0.25) is 14.2 Å². The van der Waals surface area contributed by atoms with E-state index in [2.05, 4.69) is 16.4 Å². The quantitative estimate of drug-likeness (QED) is 0.254. The van der Waals surface area contributed by atoms with Crippen LogP contribution in [0.25, 0.3) is 0 Å². The van der Waals surface area contributed by atoms with E-state index in [4.69, 9.17) is 20.9 Å². The van der Waals surface area contributed by atoms with Crippen LogP contribution in [-0.2, 0) is 24.1 Å². The zero-order valence-corrected chi connectivity index (χ0v) is 20.4. The van der Waals surface area contributed by atoms with Gasteiger partial charge in [-0.15, -0.1) is 23.4 Å². The maximum Gasteiger partial charge on any atom is 0.397 e. The molecule has 0 saturated carbocycles. The highest BCUT2D eigenvalue weighted by molar-refractivity contribution is 7.99. The van der Waals surface area contributed by atoms with Crippen LogP contribution < -0.4 is 5.32 Å². The summed E-state index contributed by atoms with van der Waals surface area (Å²) < 4.78 is 41.8. The van der Waals surface area contributed by atoms with Crippen molar-refractivity contribution in [1.82, 2.24) is 10.2 Å². The van der Waals surface area contributed by atoms with E-state index in [0.717, 1.165) is 31.1 Å². The minimum Gasteiger partial charge on any atom is -0.387 e. The number of amides is 1. The number of aliphatic hydroxyl groups excluding tert-OH is 2. The summed E-state index contributed by atoms with van der Waals surface area (Å²) in [6.45, 7) is 4.52. The second-order valence-corrected chi connectivity index (χ2v) is 10.9. The normalized spacial score (nSPS) is 36.8. The largest absolute Gasteiger partial charge is 0.397 e. The zero-order chi connectivity index (χ0) is 23.5. The van der Waals surface area contributed by atoms with Gasteiger partial charge in [0.2, 0.25) is 5.91 Å². The summed E-state index contributed by atoms with van der Waals surface area (Å²) in [6, 6.07) is -1.26. The maximum absolute atomic E-state index is 13.0. The van der Waals surface area contributed by atoms with Crippen LogP contribution in [0.15, 0.2) is 0 Å². The van der Waals surface area contributed by atoms with Gasteiger partial charge in [0, 0.05) is 6.54 Å². The Kier molecular flexibility index (Phi) is 9.87. The number of ether oxygens (including phenoxy) is 1. The molecule has 4 N–H and O–H groups in total. The SMILES string of the molecule is CCC[C@@H]1C[C@@H](C(=O)N[C@@H]([C@H]2O[C@H](SC)[C@H](O)[C@@H](OS(=O)(=O)O)[C@H]2O)[C@H](C)Cl)N(C)C1. The molecule has 13 heteroatoms. The summed E-state index contributed by atoms with van der Waals surface area (Å²) >= 11 is 7.38. The van der Waals surface area contributed by atoms with Crippen LogP contribution in [0.2, 0.25) is 0 Å². The van der Waals surface area contributed by atoms with Crippen molar-refractivity contribution in [3.8, 4) is 0 Å². The summed E-state index contributed by atoms with van der Waals surface area (Å²) in [4.78, 5) is 15.0. The third-order valence-corrected chi connectivity index (χ3v) is 7.43. The second kappa shape index (κ2) is 11.3. The molecule has 10 nitrogen and oxygen atoms in total. The lowest BCUT2D eigenvalue weighted by Gasteiger charge is -2.44. The number of aliphatic hydroxyl groups is 2. The lowest BCUT2D eigenvalue weighted by atomic mass is 9.92. The van der Waals surface area contributed by atoms with Crippen molar-refractivity contribution in [3.05, 3.63) is 0 Å². The Labute approximate surface area is 192 Å². The van der Waals surface area contributed by atoms with Crippen molar-refractivity contribution in [2.75, 3.05) is 19.8 Å². The average Bonchev–Trinajstić information content (AvgIpc) is 3.03. The molecule has 0 unspecified atom stereocenters. The number of carbonyl (C=O) groups excluding carboxylic acids is 1. The van der Waals surface area contributed by atoms with E-state index in [1.54, 1.807) is 13.2 Å². The van der Waals surface area contributed by atoms with E-state index in [-0.39, 0.29) is 11.9 Å². The third kappa shape index (κ3) is 6.90. The van der Waals surface area contributed by atoms with Gasteiger partial charge >= 0.3 is 10.4 Å². The molecule has 1 amide bonds. The molecule has 0 aromatic heterocycles. The molecule has 0 aromatic rings. The van der Waals surface area contributed by atoms with Gasteiger partial charge < -0.3 is 20.3 Å². The second-order valence-electron chi connectivity index (χ2n) is 8.23. The van der Waals surface area contributed by atoms with Gasteiger partial charge in [-0.05, 0) is 39.0 Å². The molecule has 0 bridgehead atoms. The van der Waals surface area contributed by atoms with Crippen LogP contribution in [0.1, 0.15) is 33.1 Å². The average molecular weight is 505 g/mol. The number of halogens is 1. The first-order valence-corrected chi connectivity index (χ1v) is 13.3. The topological polar surface area (TPSA) is 146 Å². The summed E-state index contributed by atoms with van der Waals surface area (Å²) in [6.07, 6.45) is -1.71. The fraction of sp³-hybridized carbons (Fsp3) is 0.944. The molecule has 2 saturated heterocycles. The first-order chi connectivity index (χ1) is 14.4. The molecule has 0 aromatic carbocycles. The Morgan fingerprint density at radius 1 is 1.39 bits per heavy atom. The predicted molar refractivity (Wildman–Crippen MR) is 117 cm³/mol. The van der Waals surface area contributed by atoms with Crippen LogP contribution in [0.3, 0.4) is 0 Å². The lowest BCUT2D eigenvalue weighted by molar-refractivity contribution is -0.198. The number of nitrogens with one attached hydrogen (secondary N) is 1. The highest BCUT2D eigenvalue weighted by Crippen LogP contribution is 2.33. The molecular formula is C18H33ClN2O8S2. The number of carbonyl (C=O) groups is 1. The molecular weight excluding hydrogens is 472 g/mol. The fourth-order valence-corrected chi connectivity index (χ4v) is 5.74. The van der Waals surface area contributed by atoms with Gasteiger partial charge in [0.05, 0.1) is 17.5 Å². The number of rotatable bonds is 9. The van der Waals surface area contributed by atoms with E-state index in [0.29, 0.717) is 12.3 Å². The highest BCUT2D eigenvalue weighted by Gasteiger charge is 2.51. The molecule has 31 heavy (non-hydrogen) atoms. The summed E-state index contributed by atoms with van der Waals surface area (Å²) in [7, 11) is -3.08. The van der Waals surface area contributed by atoms with Gasteiger partial charge in [0.15, 0.2) is 0 Å². The number of hydrogen-bond acceptors (Lipinski definition) is 9. The van der Waals surface area contributed by atoms with Gasteiger partial charge in [0.25, 0.3) is 0 Å². The molecule has 2 rings (SSSR count). The van der Waals surface area contributed by atoms with E-state index < -0.39 is 51.7 Å². The van der Waals surface area contributed by atoms with Crippen LogP contribution in [0.5, 0.6) is 0 Å². The number of hydrogen-bond donors (Lipinski definition) is 4. The monoisotopic (exact) mass is 504 g/mol. The third-order valence-electron chi connectivity index (χ3n) is 5.84. The van der Waals surface area contributed by atoms with Gasteiger partial charge in [0.1, 0.15) is 29.9 Å². The Balaban J connectivity index is 2.21. The Hall–Kier alpha value is -0.180. The molecule has 2 heterocycles. The molecule has 182 valence electrons. The molecule has 9 atom stereocenters. The summed E-state index contributed by atoms with van der Waals surface area (Å²) in [5.41, 5.74) is -0.974. The number of nitrogens with zero attached hydrogens (tertiary/aromatic N) is 1. The Bertz CT molecular complexity index is 713. The van der Waals surface area contributed by atoms with Crippen molar-refractivity contribution in [1.29, 1.82) is 0 Å². The number of thioether (sulfide) groups is 1. The molecule has 2 aliphatic rings. The van der Waals surface area contributed by atoms with Crippen molar-refractivity contribution < 1.29 is 36.9 Å². The zero-order valence-electron chi connectivity index (χ0n) is 18.0. The molecule has 0 radical (unpaired) electrons.